The molecule has 0 saturated carbocycles. The van der Waals surface area contributed by atoms with E-state index < -0.39 is 9.84 Å². The quantitative estimate of drug-likeness (QED) is 0.766. The number of rotatable bonds is 7. The molecule has 1 amide bonds. The van der Waals surface area contributed by atoms with Crippen LogP contribution in [0.3, 0.4) is 0 Å². The van der Waals surface area contributed by atoms with Gasteiger partial charge < -0.3 is 9.73 Å². The van der Waals surface area contributed by atoms with Crippen molar-refractivity contribution in [3.05, 3.63) is 53.5 Å². The Hall–Kier alpha value is -2.12. The topological polar surface area (TPSA) is 79.6 Å². The number of hydrogen-bond donors (Lipinski definition) is 1. The second-order valence-electron chi connectivity index (χ2n) is 7.78. The van der Waals surface area contributed by atoms with Gasteiger partial charge in [0, 0.05) is 11.7 Å². The van der Waals surface area contributed by atoms with Gasteiger partial charge in [0.2, 0.25) is 5.91 Å². The van der Waals surface area contributed by atoms with Gasteiger partial charge in [-0.2, -0.15) is 0 Å². The molecule has 1 saturated heterocycles. The Bertz CT molecular complexity index is 920. The van der Waals surface area contributed by atoms with Gasteiger partial charge in [-0.15, -0.1) is 0 Å². The van der Waals surface area contributed by atoms with Crippen LogP contribution in [0.25, 0.3) is 0 Å². The number of aryl methyl sites for hydroxylation is 1. The number of amides is 1. The largest absolute Gasteiger partial charge is 0.468 e. The van der Waals surface area contributed by atoms with Crippen molar-refractivity contribution >= 4 is 21.4 Å². The summed E-state index contributed by atoms with van der Waals surface area (Å²) in [4.78, 5) is 14.8. The van der Waals surface area contributed by atoms with Crippen LogP contribution in [0.5, 0.6) is 0 Å². The Labute approximate surface area is 166 Å². The standard InChI is InChI=1S/C21H28N2O4S/c1-15(2)19-8-4-6-16(3)21(19)22-20(24)13-23(12-18-7-5-10-27-18)17-9-11-28(25,26)14-17/h4-8,10,15,17H,9,11-14H2,1-3H3,(H,22,24). The molecule has 3 rings (SSSR count). The summed E-state index contributed by atoms with van der Waals surface area (Å²) in [6, 6.07) is 9.45. The molecule has 0 aliphatic carbocycles. The summed E-state index contributed by atoms with van der Waals surface area (Å²) in [5, 5.41) is 3.05. The highest BCUT2D eigenvalue weighted by atomic mass is 32.2. The average molecular weight is 405 g/mol. The number of carbonyl (C=O) groups is 1. The molecule has 6 nitrogen and oxygen atoms in total. The molecule has 28 heavy (non-hydrogen) atoms. The lowest BCUT2D eigenvalue weighted by Gasteiger charge is -2.27. The van der Waals surface area contributed by atoms with Crippen LogP contribution in [0.4, 0.5) is 5.69 Å². The molecule has 1 fully saturated rings. The maximum Gasteiger partial charge on any atom is 0.238 e. The Kier molecular flexibility index (Phi) is 6.25. The predicted molar refractivity (Wildman–Crippen MR) is 110 cm³/mol. The van der Waals surface area contributed by atoms with Gasteiger partial charge in [0.05, 0.1) is 30.9 Å². The van der Waals surface area contributed by atoms with Crippen molar-refractivity contribution < 1.29 is 17.6 Å². The van der Waals surface area contributed by atoms with Crippen molar-refractivity contribution in [2.75, 3.05) is 23.4 Å². The van der Waals surface area contributed by atoms with Gasteiger partial charge in [-0.05, 0) is 42.5 Å². The predicted octanol–water partition coefficient (Wildman–Crippen LogP) is 3.34. The van der Waals surface area contributed by atoms with E-state index in [1.54, 1.807) is 12.3 Å². The Morgan fingerprint density at radius 1 is 1.29 bits per heavy atom. The van der Waals surface area contributed by atoms with Crippen LogP contribution in [0, 0.1) is 6.92 Å². The second-order valence-corrected chi connectivity index (χ2v) is 10.0. The molecule has 1 aliphatic heterocycles. The third-order valence-electron chi connectivity index (χ3n) is 5.20. The molecule has 2 heterocycles. The maximum atomic E-state index is 12.9. The van der Waals surface area contributed by atoms with Crippen molar-refractivity contribution in [3.8, 4) is 0 Å². The number of nitrogens with zero attached hydrogens (tertiary/aromatic N) is 1. The molecule has 0 spiro atoms. The van der Waals surface area contributed by atoms with E-state index in [0.717, 1.165) is 22.6 Å². The zero-order valence-corrected chi connectivity index (χ0v) is 17.5. The van der Waals surface area contributed by atoms with Crippen molar-refractivity contribution in [1.29, 1.82) is 0 Å². The van der Waals surface area contributed by atoms with Crippen LogP contribution in [0.2, 0.25) is 0 Å². The molecule has 1 aromatic heterocycles. The Morgan fingerprint density at radius 2 is 2.07 bits per heavy atom. The second kappa shape index (κ2) is 8.49. The van der Waals surface area contributed by atoms with Crippen molar-refractivity contribution in [3.63, 3.8) is 0 Å². The summed E-state index contributed by atoms with van der Waals surface area (Å²) in [7, 11) is -3.04. The summed E-state index contributed by atoms with van der Waals surface area (Å²) in [6.07, 6.45) is 2.12. The normalized spacial score (nSPS) is 18.7. The van der Waals surface area contributed by atoms with Crippen molar-refractivity contribution in [1.82, 2.24) is 4.90 Å². The van der Waals surface area contributed by atoms with Gasteiger partial charge in [-0.1, -0.05) is 32.0 Å². The molecular weight excluding hydrogens is 376 g/mol. The highest BCUT2D eigenvalue weighted by molar-refractivity contribution is 7.91. The highest BCUT2D eigenvalue weighted by Crippen LogP contribution is 2.27. The molecule has 1 aliphatic rings. The minimum atomic E-state index is -3.04. The molecule has 1 N–H and O–H groups in total. The van der Waals surface area contributed by atoms with Crippen LogP contribution >= 0.6 is 0 Å². The fraction of sp³-hybridized carbons (Fsp3) is 0.476. The van der Waals surface area contributed by atoms with Gasteiger partial charge in [-0.3, -0.25) is 9.69 Å². The van der Waals surface area contributed by atoms with E-state index in [0.29, 0.717) is 13.0 Å². The molecule has 1 unspecified atom stereocenters. The number of nitrogens with one attached hydrogen (secondary N) is 1. The SMILES string of the molecule is Cc1cccc(C(C)C)c1NC(=O)CN(Cc1ccco1)C1CCS(=O)(=O)C1. The average Bonchev–Trinajstić information content (AvgIpc) is 3.25. The van der Waals surface area contributed by atoms with Crippen molar-refractivity contribution in [2.45, 2.75) is 45.7 Å². The lowest BCUT2D eigenvalue weighted by Crippen LogP contribution is -2.41. The van der Waals surface area contributed by atoms with Gasteiger partial charge in [0.15, 0.2) is 9.84 Å². The summed E-state index contributed by atoms with van der Waals surface area (Å²) in [5.41, 5.74) is 2.95. The molecule has 152 valence electrons. The monoisotopic (exact) mass is 404 g/mol. The van der Waals surface area contributed by atoms with Crippen LogP contribution in [-0.2, 0) is 21.2 Å². The smallest absolute Gasteiger partial charge is 0.238 e. The number of carbonyl (C=O) groups excluding carboxylic acids is 1. The minimum Gasteiger partial charge on any atom is -0.468 e. The lowest BCUT2D eigenvalue weighted by molar-refractivity contribution is -0.118. The third-order valence-corrected chi connectivity index (χ3v) is 6.95. The molecule has 0 radical (unpaired) electrons. The first-order valence-corrected chi connectivity index (χ1v) is 11.4. The van der Waals surface area contributed by atoms with E-state index >= 15 is 0 Å². The van der Waals surface area contributed by atoms with Crippen LogP contribution < -0.4 is 5.32 Å². The number of sulfone groups is 1. The number of benzene rings is 1. The van der Waals surface area contributed by atoms with Gasteiger partial charge in [-0.25, -0.2) is 8.42 Å². The summed E-state index contributed by atoms with van der Waals surface area (Å²) in [6.45, 7) is 6.69. The van der Waals surface area contributed by atoms with E-state index in [1.807, 2.05) is 36.1 Å². The fourth-order valence-electron chi connectivity index (χ4n) is 3.69. The number of hydrogen-bond acceptors (Lipinski definition) is 5. The first kappa shape index (κ1) is 20.6. The van der Waals surface area contributed by atoms with Gasteiger partial charge >= 0.3 is 0 Å². The van der Waals surface area contributed by atoms with Gasteiger partial charge in [0.1, 0.15) is 5.76 Å². The van der Waals surface area contributed by atoms with Crippen LogP contribution in [0.15, 0.2) is 41.0 Å². The first-order chi connectivity index (χ1) is 13.2. The summed E-state index contributed by atoms with van der Waals surface area (Å²) >= 11 is 0. The lowest BCUT2D eigenvalue weighted by atomic mass is 9.98. The van der Waals surface area contributed by atoms with Gasteiger partial charge in [0.25, 0.3) is 0 Å². The zero-order valence-electron chi connectivity index (χ0n) is 16.6. The Balaban J connectivity index is 1.76. The maximum absolute atomic E-state index is 12.9. The minimum absolute atomic E-state index is 0.0859. The first-order valence-electron chi connectivity index (χ1n) is 9.61. The molecule has 1 atom stereocenters. The molecule has 0 bridgehead atoms. The fourth-order valence-corrected chi connectivity index (χ4v) is 5.45. The zero-order chi connectivity index (χ0) is 20.3. The molecular formula is C21H28N2O4S. The molecule has 2 aromatic rings. The van der Waals surface area contributed by atoms with Crippen LogP contribution in [0.1, 0.15) is 43.1 Å². The number of para-hydroxylation sites is 1. The van der Waals surface area contributed by atoms with E-state index in [1.165, 1.54) is 0 Å². The van der Waals surface area contributed by atoms with E-state index in [9.17, 15) is 13.2 Å². The number of anilines is 1. The number of furan rings is 1. The van der Waals surface area contributed by atoms with E-state index in [4.69, 9.17) is 4.42 Å². The Morgan fingerprint density at radius 3 is 2.68 bits per heavy atom. The van der Waals surface area contributed by atoms with Crippen molar-refractivity contribution in [2.24, 2.45) is 0 Å². The van der Waals surface area contributed by atoms with E-state index in [2.05, 4.69) is 19.2 Å². The highest BCUT2D eigenvalue weighted by Gasteiger charge is 2.33. The third kappa shape index (κ3) is 5.02. The molecule has 1 aromatic carbocycles. The van der Waals surface area contributed by atoms with Crippen LogP contribution in [-0.4, -0.2) is 43.3 Å². The van der Waals surface area contributed by atoms with E-state index in [-0.39, 0.29) is 35.9 Å². The summed E-state index contributed by atoms with van der Waals surface area (Å²) < 4.78 is 29.3. The summed E-state index contributed by atoms with van der Waals surface area (Å²) in [5.74, 6) is 1.11. The molecule has 7 heteroatoms.